The lowest BCUT2D eigenvalue weighted by Gasteiger charge is -2.18. The lowest BCUT2D eigenvalue weighted by molar-refractivity contribution is -0.143. The molecule has 2 atom stereocenters. The van der Waals surface area contributed by atoms with Crippen LogP contribution in [0.2, 0.25) is 0 Å². The van der Waals surface area contributed by atoms with Gasteiger partial charge in [-0.1, -0.05) is 15.9 Å². The van der Waals surface area contributed by atoms with E-state index < -0.39 is 24.0 Å². The molecule has 0 saturated heterocycles. The largest absolute Gasteiger partial charge is 0.481 e. The first-order valence-electron chi connectivity index (χ1n) is 6.00. The number of ether oxygens (including phenoxy) is 1. The Morgan fingerprint density at radius 3 is 2.45 bits per heavy atom. The third-order valence-corrected chi connectivity index (χ3v) is 3.06. The zero-order valence-electron chi connectivity index (χ0n) is 10.9. The molecule has 0 aromatic heterocycles. The summed E-state index contributed by atoms with van der Waals surface area (Å²) in [5.74, 6) is -1.23. The molecule has 1 aromatic carbocycles. The van der Waals surface area contributed by atoms with E-state index in [1.165, 1.54) is 6.92 Å². The molecule has 7 heteroatoms. The van der Waals surface area contributed by atoms with Gasteiger partial charge in [0.05, 0.1) is 0 Å². The van der Waals surface area contributed by atoms with E-state index in [0.29, 0.717) is 5.75 Å². The van der Waals surface area contributed by atoms with Crippen LogP contribution in [0.25, 0.3) is 0 Å². The number of hydrogen-bond donors (Lipinski definition) is 3. The molecule has 0 aliphatic rings. The highest BCUT2D eigenvalue weighted by molar-refractivity contribution is 9.10. The third kappa shape index (κ3) is 5.18. The number of aliphatic hydroxyl groups excluding tert-OH is 1. The molecule has 1 unspecified atom stereocenters. The molecule has 0 radical (unpaired) electrons. The molecule has 110 valence electrons. The summed E-state index contributed by atoms with van der Waals surface area (Å²) >= 11 is 3.28. The fraction of sp³-hybridized carbons (Fsp3) is 0.385. The third-order valence-electron chi connectivity index (χ3n) is 2.53. The minimum atomic E-state index is -1.19. The maximum atomic E-state index is 11.8. The topological polar surface area (TPSA) is 95.9 Å². The Morgan fingerprint density at radius 1 is 1.35 bits per heavy atom. The lowest BCUT2D eigenvalue weighted by atomic mass is 10.2. The monoisotopic (exact) mass is 345 g/mol. The molecule has 6 nitrogen and oxygen atoms in total. The summed E-state index contributed by atoms with van der Waals surface area (Å²) in [5, 5.41) is 19.9. The summed E-state index contributed by atoms with van der Waals surface area (Å²) in [5.41, 5.74) is 0. The van der Waals surface area contributed by atoms with Gasteiger partial charge in [-0.05, 0) is 31.2 Å². The number of aliphatic hydroxyl groups is 1. The van der Waals surface area contributed by atoms with Crippen molar-refractivity contribution in [2.24, 2.45) is 0 Å². The lowest BCUT2D eigenvalue weighted by Crippen LogP contribution is -2.46. The Balaban J connectivity index is 2.57. The number of carbonyl (C=O) groups is 2. The van der Waals surface area contributed by atoms with E-state index in [2.05, 4.69) is 21.2 Å². The summed E-state index contributed by atoms with van der Waals surface area (Å²) in [6.07, 6.45) is -0.886. The number of aliphatic carboxylic acids is 1. The maximum Gasteiger partial charge on any atom is 0.326 e. The molecule has 1 rings (SSSR count). The first kappa shape index (κ1) is 16.5. The minimum absolute atomic E-state index is 0.0495. The zero-order valence-corrected chi connectivity index (χ0v) is 12.5. The summed E-state index contributed by atoms with van der Waals surface area (Å²) in [4.78, 5) is 22.7. The second-order valence-electron chi connectivity index (χ2n) is 4.13. The highest BCUT2D eigenvalue weighted by Crippen LogP contribution is 2.17. The molecule has 0 bridgehead atoms. The normalized spacial score (nSPS) is 13.3. The van der Waals surface area contributed by atoms with Gasteiger partial charge in [-0.2, -0.15) is 0 Å². The Labute approximate surface area is 124 Å². The molecular formula is C13H16BrNO5. The average molecular weight is 346 g/mol. The van der Waals surface area contributed by atoms with Crippen LogP contribution in [0.3, 0.4) is 0 Å². The van der Waals surface area contributed by atoms with Crippen LogP contribution >= 0.6 is 15.9 Å². The second-order valence-corrected chi connectivity index (χ2v) is 5.04. The predicted octanol–water partition coefficient (Wildman–Crippen LogP) is 1.17. The molecule has 1 amide bonds. The summed E-state index contributed by atoms with van der Waals surface area (Å²) < 4.78 is 6.29. The van der Waals surface area contributed by atoms with Gasteiger partial charge in [0.25, 0.3) is 5.91 Å². The van der Waals surface area contributed by atoms with Gasteiger partial charge in [0.1, 0.15) is 11.8 Å². The van der Waals surface area contributed by atoms with Crippen LogP contribution < -0.4 is 10.1 Å². The van der Waals surface area contributed by atoms with Crippen LogP contribution in [0.1, 0.15) is 13.3 Å². The number of benzene rings is 1. The second kappa shape index (κ2) is 7.86. The van der Waals surface area contributed by atoms with Gasteiger partial charge in [-0.15, -0.1) is 0 Å². The first-order valence-corrected chi connectivity index (χ1v) is 6.79. The van der Waals surface area contributed by atoms with E-state index >= 15 is 0 Å². The Bertz CT molecular complexity index is 462. The van der Waals surface area contributed by atoms with Crippen molar-refractivity contribution in [3.63, 3.8) is 0 Å². The van der Waals surface area contributed by atoms with Gasteiger partial charge >= 0.3 is 5.97 Å². The summed E-state index contributed by atoms with van der Waals surface area (Å²) in [6.45, 7) is 1.20. The standard InChI is InChI=1S/C13H16BrNO5/c1-8(20-10-4-2-9(14)3-5-10)12(17)15-11(6-7-16)13(18)19/h2-5,8,11,16H,6-7H2,1H3,(H,15,17)(H,18,19)/t8?,11-/m1/s1. The smallest absolute Gasteiger partial charge is 0.326 e. The van der Waals surface area contributed by atoms with Gasteiger partial charge < -0.3 is 20.3 Å². The molecule has 3 N–H and O–H groups in total. The number of carboxylic acid groups (broad SMARTS) is 1. The Hall–Kier alpha value is -1.60. The fourth-order valence-corrected chi connectivity index (χ4v) is 1.71. The molecule has 0 saturated carbocycles. The van der Waals surface area contributed by atoms with Crippen molar-refractivity contribution in [2.45, 2.75) is 25.5 Å². The van der Waals surface area contributed by atoms with Crippen LogP contribution in [-0.2, 0) is 9.59 Å². The van der Waals surface area contributed by atoms with E-state index in [1.54, 1.807) is 24.3 Å². The van der Waals surface area contributed by atoms with Gasteiger partial charge in [-0.3, -0.25) is 4.79 Å². The molecule has 0 spiro atoms. The van der Waals surface area contributed by atoms with Crippen molar-refractivity contribution in [1.82, 2.24) is 5.32 Å². The van der Waals surface area contributed by atoms with E-state index in [4.69, 9.17) is 14.9 Å². The van der Waals surface area contributed by atoms with Gasteiger partial charge in [0.15, 0.2) is 6.10 Å². The van der Waals surface area contributed by atoms with Gasteiger partial charge in [0.2, 0.25) is 0 Å². The van der Waals surface area contributed by atoms with Crippen LogP contribution in [0.5, 0.6) is 5.75 Å². The zero-order chi connectivity index (χ0) is 15.1. The first-order chi connectivity index (χ1) is 9.43. The van der Waals surface area contributed by atoms with Crippen LogP contribution in [0.15, 0.2) is 28.7 Å². The van der Waals surface area contributed by atoms with E-state index in [1.807, 2.05) is 0 Å². The number of carbonyl (C=O) groups excluding carboxylic acids is 1. The summed E-state index contributed by atoms with van der Waals surface area (Å²) in [7, 11) is 0. The highest BCUT2D eigenvalue weighted by atomic mass is 79.9. The average Bonchev–Trinajstić information content (AvgIpc) is 2.40. The number of hydrogen-bond acceptors (Lipinski definition) is 4. The van der Waals surface area contributed by atoms with Crippen molar-refractivity contribution in [2.75, 3.05) is 6.61 Å². The quantitative estimate of drug-likeness (QED) is 0.689. The molecule has 0 aliphatic carbocycles. The van der Waals surface area contributed by atoms with Crippen LogP contribution in [-0.4, -0.2) is 40.8 Å². The molecule has 0 fully saturated rings. The number of nitrogens with one attached hydrogen (secondary N) is 1. The Morgan fingerprint density at radius 2 is 1.95 bits per heavy atom. The van der Waals surface area contributed by atoms with Crippen molar-refractivity contribution < 1.29 is 24.5 Å². The number of rotatable bonds is 7. The minimum Gasteiger partial charge on any atom is -0.481 e. The van der Waals surface area contributed by atoms with Gasteiger partial charge in [-0.25, -0.2) is 4.79 Å². The van der Waals surface area contributed by atoms with Gasteiger partial charge in [0, 0.05) is 17.5 Å². The van der Waals surface area contributed by atoms with Crippen molar-refractivity contribution in [1.29, 1.82) is 0 Å². The number of halogens is 1. The molecular weight excluding hydrogens is 330 g/mol. The van der Waals surface area contributed by atoms with Crippen molar-refractivity contribution >= 4 is 27.8 Å². The number of carboxylic acids is 1. The Kier molecular flexibility index (Phi) is 6.47. The molecule has 1 aromatic rings. The maximum absolute atomic E-state index is 11.8. The van der Waals surface area contributed by atoms with Crippen molar-refractivity contribution in [3.8, 4) is 5.75 Å². The highest BCUT2D eigenvalue weighted by Gasteiger charge is 2.23. The van der Waals surface area contributed by atoms with E-state index in [9.17, 15) is 9.59 Å². The predicted molar refractivity (Wildman–Crippen MR) is 75.5 cm³/mol. The van der Waals surface area contributed by atoms with E-state index in [-0.39, 0.29) is 13.0 Å². The number of amides is 1. The van der Waals surface area contributed by atoms with Crippen LogP contribution in [0, 0.1) is 0 Å². The fourth-order valence-electron chi connectivity index (χ4n) is 1.45. The molecule has 20 heavy (non-hydrogen) atoms. The summed E-state index contributed by atoms with van der Waals surface area (Å²) in [6, 6.07) is 5.80. The SMILES string of the molecule is CC(Oc1ccc(Br)cc1)C(=O)N[C@H](CCO)C(=O)O. The molecule has 0 heterocycles. The van der Waals surface area contributed by atoms with Crippen LogP contribution in [0.4, 0.5) is 0 Å². The van der Waals surface area contributed by atoms with Crippen molar-refractivity contribution in [3.05, 3.63) is 28.7 Å². The molecule has 0 aliphatic heterocycles. The van der Waals surface area contributed by atoms with E-state index in [0.717, 1.165) is 4.47 Å².